The van der Waals surface area contributed by atoms with Gasteiger partial charge in [-0.2, -0.15) is 0 Å². The molecule has 3 aromatic carbocycles. The molecule has 7 nitrogen and oxygen atoms in total. The topological polar surface area (TPSA) is 84.9 Å². The first-order valence-electron chi connectivity index (χ1n) is 11.5. The van der Waals surface area contributed by atoms with E-state index in [1.807, 2.05) is 30.3 Å². The van der Waals surface area contributed by atoms with Gasteiger partial charge in [0.1, 0.15) is 5.70 Å². The van der Waals surface area contributed by atoms with E-state index >= 15 is 0 Å². The number of benzene rings is 3. The minimum atomic E-state index is -0.409. The van der Waals surface area contributed by atoms with Gasteiger partial charge >= 0.3 is 11.9 Å². The number of halogens is 1. The molecule has 0 radical (unpaired) electrons. The lowest BCUT2D eigenvalue weighted by Crippen LogP contribution is -2.30. The third kappa shape index (κ3) is 5.49. The molecule has 0 bridgehead atoms. The number of nitrogens with zero attached hydrogens (tertiary/aromatic N) is 1. The van der Waals surface area contributed by atoms with Gasteiger partial charge in [-0.15, -0.1) is 0 Å². The van der Waals surface area contributed by atoms with E-state index in [1.54, 1.807) is 67.3 Å². The lowest BCUT2D eigenvalue weighted by molar-refractivity contribution is -0.114. The van der Waals surface area contributed by atoms with Crippen LogP contribution in [0.25, 0.3) is 0 Å². The van der Waals surface area contributed by atoms with Gasteiger partial charge in [0.2, 0.25) is 0 Å². The fourth-order valence-electron chi connectivity index (χ4n) is 3.87. The summed E-state index contributed by atoms with van der Waals surface area (Å²) in [6.07, 6.45) is 1.87. The maximum absolute atomic E-state index is 13.6. The zero-order valence-electron chi connectivity index (χ0n) is 19.9. The Kier molecular flexibility index (Phi) is 7.85. The van der Waals surface area contributed by atoms with Gasteiger partial charge in [0.25, 0.3) is 5.91 Å². The molecule has 4 rings (SSSR count). The molecule has 1 heterocycles. The second-order valence-corrected chi connectivity index (χ2v) is 8.86. The van der Waals surface area contributed by atoms with Crippen LogP contribution < -0.4 is 10.2 Å². The van der Waals surface area contributed by atoms with E-state index in [9.17, 15) is 14.4 Å². The van der Waals surface area contributed by atoms with Crippen LogP contribution in [0.1, 0.15) is 46.2 Å². The van der Waals surface area contributed by atoms with Gasteiger partial charge in [-0.1, -0.05) is 28.1 Å². The van der Waals surface area contributed by atoms with Gasteiger partial charge in [-0.05, 0) is 86.2 Å². The van der Waals surface area contributed by atoms with Gasteiger partial charge in [0, 0.05) is 15.8 Å². The molecule has 0 fully saturated rings. The summed E-state index contributed by atoms with van der Waals surface area (Å²) in [5.41, 5.74) is 3.49. The van der Waals surface area contributed by atoms with E-state index in [1.165, 1.54) is 0 Å². The smallest absolute Gasteiger partial charge is 0.338 e. The Labute approximate surface area is 217 Å². The van der Waals surface area contributed by atoms with Crippen LogP contribution in [0.4, 0.5) is 11.4 Å². The van der Waals surface area contributed by atoms with Crippen molar-refractivity contribution in [3.63, 3.8) is 0 Å². The summed E-state index contributed by atoms with van der Waals surface area (Å²) in [6, 6.07) is 20.9. The molecule has 0 spiro atoms. The number of hydrogen-bond donors (Lipinski definition) is 1. The molecule has 0 unspecified atom stereocenters. The number of anilines is 2. The van der Waals surface area contributed by atoms with E-state index in [4.69, 9.17) is 9.47 Å². The Morgan fingerprint density at radius 1 is 0.833 bits per heavy atom. The van der Waals surface area contributed by atoms with Crippen molar-refractivity contribution in [3.8, 4) is 0 Å². The van der Waals surface area contributed by atoms with Gasteiger partial charge in [-0.25, -0.2) is 9.59 Å². The molecule has 8 heteroatoms. The van der Waals surface area contributed by atoms with Crippen LogP contribution in [0.3, 0.4) is 0 Å². The fraction of sp³-hybridized carbons (Fsp3) is 0.179. The predicted molar refractivity (Wildman–Crippen MR) is 141 cm³/mol. The van der Waals surface area contributed by atoms with Crippen LogP contribution in [0.2, 0.25) is 0 Å². The van der Waals surface area contributed by atoms with Crippen LogP contribution in [-0.2, 0) is 14.3 Å². The summed E-state index contributed by atoms with van der Waals surface area (Å²) >= 11 is 3.46. The zero-order valence-corrected chi connectivity index (χ0v) is 21.4. The maximum Gasteiger partial charge on any atom is 0.338 e. The standard InChI is InChI=1S/C28H25BrN2O5/c1-3-35-27(33)19-7-13-22(14-8-19)30-24-17-25(18-5-11-21(29)12-6-18)31(26(24)32)23-15-9-20(10-16-23)28(34)36-4-2/h5-17,25,30H,3-4H2,1-2H3/t25-/m1/s1. The second-order valence-electron chi connectivity index (χ2n) is 7.94. The van der Waals surface area contributed by atoms with Crippen LogP contribution in [-0.4, -0.2) is 31.1 Å². The van der Waals surface area contributed by atoms with Crippen molar-refractivity contribution in [2.75, 3.05) is 23.4 Å². The average Bonchev–Trinajstić information content (AvgIpc) is 3.21. The zero-order chi connectivity index (χ0) is 25.7. The Balaban J connectivity index is 1.62. The lowest BCUT2D eigenvalue weighted by atomic mass is 10.1. The number of esters is 2. The molecule has 0 aromatic heterocycles. The highest BCUT2D eigenvalue weighted by molar-refractivity contribution is 9.10. The van der Waals surface area contributed by atoms with Gasteiger partial charge in [0.05, 0.1) is 30.4 Å². The molecule has 36 heavy (non-hydrogen) atoms. The summed E-state index contributed by atoms with van der Waals surface area (Å²) in [5.74, 6) is -1.03. The van der Waals surface area contributed by atoms with E-state index in [0.29, 0.717) is 34.8 Å². The Bertz CT molecular complexity index is 1290. The third-order valence-electron chi connectivity index (χ3n) is 5.60. The largest absolute Gasteiger partial charge is 0.462 e. The molecule has 1 aliphatic rings. The number of carbonyl (C=O) groups is 3. The molecule has 0 aliphatic carbocycles. The SMILES string of the molecule is CCOC(=O)c1ccc(NC2=C[C@H](c3ccc(Br)cc3)N(c3ccc(C(=O)OCC)cc3)C2=O)cc1. The monoisotopic (exact) mass is 548 g/mol. The average molecular weight is 549 g/mol. The van der Waals surface area contributed by atoms with E-state index < -0.39 is 11.9 Å². The van der Waals surface area contributed by atoms with Crippen molar-refractivity contribution in [1.82, 2.24) is 0 Å². The third-order valence-corrected chi connectivity index (χ3v) is 6.12. The summed E-state index contributed by atoms with van der Waals surface area (Å²) in [5, 5.41) is 3.18. The van der Waals surface area contributed by atoms with Crippen molar-refractivity contribution >= 4 is 45.2 Å². The van der Waals surface area contributed by atoms with Crippen LogP contribution in [0.15, 0.2) is 89.0 Å². The molecular weight excluding hydrogens is 524 g/mol. The van der Waals surface area contributed by atoms with E-state index in [2.05, 4.69) is 21.2 Å². The molecule has 1 amide bonds. The van der Waals surface area contributed by atoms with Crippen LogP contribution in [0.5, 0.6) is 0 Å². The second kappa shape index (κ2) is 11.2. The molecule has 3 aromatic rings. The van der Waals surface area contributed by atoms with Crippen molar-refractivity contribution in [2.45, 2.75) is 19.9 Å². The minimum Gasteiger partial charge on any atom is -0.462 e. The first kappa shape index (κ1) is 25.2. The quantitative estimate of drug-likeness (QED) is 0.353. The maximum atomic E-state index is 13.6. The minimum absolute atomic E-state index is 0.221. The summed E-state index contributed by atoms with van der Waals surface area (Å²) < 4.78 is 11.0. The van der Waals surface area contributed by atoms with E-state index in [-0.39, 0.29) is 18.6 Å². The number of hydrogen-bond acceptors (Lipinski definition) is 6. The Morgan fingerprint density at radius 3 is 1.89 bits per heavy atom. The first-order chi connectivity index (χ1) is 17.4. The van der Waals surface area contributed by atoms with Crippen molar-refractivity contribution in [3.05, 3.63) is 106 Å². The van der Waals surface area contributed by atoms with Crippen LogP contribution >= 0.6 is 15.9 Å². The molecule has 1 aliphatic heterocycles. The number of carbonyl (C=O) groups excluding carboxylic acids is 3. The number of amides is 1. The predicted octanol–water partition coefficient (Wildman–Crippen LogP) is 5.89. The lowest BCUT2D eigenvalue weighted by Gasteiger charge is -2.25. The number of ether oxygens (including phenoxy) is 2. The van der Waals surface area contributed by atoms with Gasteiger partial charge in [-0.3, -0.25) is 9.69 Å². The molecule has 184 valence electrons. The van der Waals surface area contributed by atoms with E-state index in [0.717, 1.165) is 10.0 Å². The molecule has 0 saturated heterocycles. The summed E-state index contributed by atoms with van der Waals surface area (Å²) in [4.78, 5) is 39.2. The normalized spacial score (nSPS) is 14.9. The van der Waals surface area contributed by atoms with Gasteiger partial charge < -0.3 is 14.8 Å². The van der Waals surface area contributed by atoms with Crippen LogP contribution in [0, 0.1) is 0 Å². The van der Waals surface area contributed by atoms with Crippen molar-refractivity contribution < 1.29 is 23.9 Å². The highest BCUT2D eigenvalue weighted by Gasteiger charge is 2.35. The molecular formula is C28H25BrN2O5. The van der Waals surface area contributed by atoms with Crippen molar-refractivity contribution in [2.24, 2.45) is 0 Å². The highest BCUT2D eigenvalue weighted by Crippen LogP contribution is 2.36. The Morgan fingerprint density at radius 2 is 1.36 bits per heavy atom. The Hall–Kier alpha value is -3.91. The molecule has 1 N–H and O–H groups in total. The van der Waals surface area contributed by atoms with Crippen molar-refractivity contribution in [1.29, 1.82) is 0 Å². The first-order valence-corrected chi connectivity index (χ1v) is 12.3. The van der Waals surface area contributed by atoms with Gasteiger partial charge in [0.15, 0.2) is 0 Å². The number of nitrogens with one attached hydrogen (secondary N) is 1. The molecule has 0 saturated carbocycles. The number of rotatable bonds is 8. The summed E-state index contributed by atoms with van der Waals surface area (Å²) in [6.45, 7) is 4.09. The molecule has 1 atom stereocenters. The highest BCUT2D eigenvalue weighted by atomic mass is 79.9. The summed E-state index contributed by atoms with van der Waals surface area (Å²) in [7, 11) is 0. The fourth-order valence-corrected chi connectivity index (χ4v) is 4.13.